The van der Waals surface area contributed by atoms with Gasteiger partial charge in [-0.25, -0.2) is 9.59 Å². The van der Waals surface area contributed by atoms with Crippen molar-refractivity contribution in [3.05, 3.63) is 59.2 Å². The SMILES string of the molecule is COC(=O)c1cncc(CN2CCN(CC3CCCC3)CC2)c1.O=C(O)c1cncc(CN2CCN(CC3CCCC3)CC2)c1. The minimum absolute atomic E-state index is 0.275. The maximum atomic E-state index is 11.6. The second-order valence-electron chi connectivity index (χ2n) is 13.4. The lowest BCUT2D eigenvalue weighted by Gasteiger charge is -2.36. The lowest BCUT2D eigenvalue weighted by atomic mass is 10.1. The number of carboxylic acid groups (broad SMARTS) is 1. The molecule has 2 saturated heterocycles. The van der Waals surface area contributed by atoms with Crippen molar-refractivity contribution in [2.75, 3.05) is 72.6 Å². The van der Waals surface area contributed by atoms with Gasteiger partial charge < -0.3 is 19.6 Å². The maximum Gasteiger partial charge on any atom is 0.339 e. The van der Waals surface area contributed by atoms with E-state index in [2.05, 4.69) is 29.6 Å². The van der Waals surface area contributed by atoms with Gasteiger partial charge in [0.15, 0.2) is 0 Å². The molecule has 2 saturated carbocycles. The summed E-state index contributed by atoms with van der Waals surface area (Å²) in [4.78, 5) is 40.8. The Kier molecular flexibility index (Phi) is 12.7. The molecule has 10 heteroatoms. The van der Waals surface area contributed by atoms with Crippen LogP contribution in [0.4, 0.5) is 0 Å². The number of nitrogens with zero attached hydrogens (tertiary/aromatic N) is 6. The van der Waals surface area contributed by atoms with Crippen LogP contribution in [0, 0.1) is 11.8 Å². The van der Waals surface area contributed by atoms with Crippen LogP contribution in [0.2, 0.25) is 0 Å². The summed E-state index contributed by atoms with van der Waals surface area (Å²) in [6.45, 7) is 13.1. The number of hydrogen-bond acceptors (Lipinski definition) is 9. The van der Waals surface area contributed by atoms with Crippen molar-refractivity contribution in [2.24, 2.45) is 11.8 Å². The summed E-state index contributed by atoms with van der Waals surface area (Å²) >= 11 is 0. The third-order valence-corrected chi connectivity index (χ3v) is 9.98. The summed E-state index contributed by atoms with van der Waals surface area (Å²) in [5.41, 5.74) is 2.88. The van der Waals surface area contributed by atoms with Crippen molar-refractivity contribution >= 4 is 11.9 Å². The van der Waals surface area contributed by atoms with Gasteiger partial charge in [0.1, 0.15) is 0 Å². The predicted octanol–water partition coefficient (Wildman–Crippen LogP) is 4.26. The third-order valence-electron chi connectivity index (χ3n) is 9.98. The summed E-state index contributed by atoms with van der Waals surface area (Å²) in [6.07, 6.45) is 17.9. The monoisotopic (exact) mass is 620 g/mol. The highest BCUT2D eigenvalue weighted by Crippen LogP contribution is 2.27. The average Bonchev–Trinajstić information content (AvgIpc) is 3.78. The normalized spacial score (nSPS) is 21.0. The van der Waals surface area contributed by atoms with Crippen molar-refractivity contribution in [2.45, 2.75) is 64.5 Å². The van der Waals surface area contributed by atoms with Crippen LogP contribution >= 0.6 is 0 Å². The highest BCUT2D eigenvalue weighted by Gasteiger charge is 2.24. The number of pyridine rings is 2. The van der Waals surface area contributed by atoms with E-state index in [1.165, 1.54) is 77.8 Å². The molecule has 0 amide bonds. The van der Waals surface area contributed by atoms with E-state index in [9.17, 15) is 9.59 Å². The molecule has 0 spiro atoms. The standard InChI is InChI=1S/C18H27N3O2.C17H25N3O2/c1-23-18(22)17-10-16(11-19-12-17)14-21-8-6-20(7-9-21)13-15-4-2-3-5-15;21-17(22)16-9-15(10-18-11-16)13-20-7-5-19(6-8-20)12-14-3-1-2-4-14/h10-12,15H,2-9,13-14H2,1H3;9-11,14H,1-8,12-13H2,(H,21,22). The average molecular weight is 621 g/mol. The molecule has 1 N–H and O–H groups in total. The molecule has 2 aromatic rings. The maximum absolute atomic E-state index is 11.6. The molecule has 2 aromatic heterocycles. The molecule has 0 aromatic carbocycles. The molecule has 4 heterocycles. The minimum atomic E-state index is -0.907. The van der Waals surface area contributed by atoms with Crippen molar-refractivity contribution in [1.29, 1.82) is 0 Å². The zero-order valence-electron chi connectivity index (χ0n) is 27.1. The van der Waals surface area contributed by atoms with Gasteiger partial charge in [-0.15, -0.1) is 0 Å². The Hall–Kier alpha value is -2.92. The fourth-order valence-corrected chi connectivity index (χ4v) is 7.39. The fraction of sp³-hybridized carbons (Fsp3) is 0.657. The van der Waals surface area contributed by atoms with Crippen molar-refractivity contribution < 1.29 is 19.4 Å². The van der Waals surface area contributed by atoms with Crippen LogP contribution in [0.15, 0.2) is 36.9 Å². The lowest BCUT2D eigenvalue weighted by Crippen LogP contribution is -2.47. The minimum Gasteiger partial charge on any atom is -0.478 e. The Labute approximate surface area is 268 Å². The van der Waals surface area contributed by atoms with E-state index >= 15 is 0 Å². The number of rotatable bonds is 10. The smallest absolute Gasteiger partial charge is 0.339 e. The van der Waals surface area contributed by atoms with Gasteiger partial charge in [0.2, 0.25) is 0 Å². The zero-order chi connectivity index (χ0) is 31.4. The molecule has 0 bridgehead atoms. The summed E-state index contributed by atoms with van der Waals surface area (Å²) in [5, 5.41) is 9.03. The van der Waals surface area contributed by atoms with Gasteiger partial charge in [0, 0.05) is 103 Å². The van der Waals surface area contributed by atoms with Gasteiger partial charge in [-0.3, -0.25) is 19.8 Å². The topological polar surface area (TPSA) is 102 Å². The zero-order valence-corrected chi connectivity index (χ0v) is 27.1. The Balaban J connectivity index is 0.000000178. The Morgan fingerprint density at radius 1 is 0.667 bits per heavy atom. The summed E-state index contributed by atoms with van der Waals surface area (Å²) in [6, 6.07) is 3.63. The molecular weight excluding hydrogens is 568 g/mol. The number of piperazine rings is 2. The second-order valence-corrected chi connectivity index (χ2v) is 13.4. The van der Waals surface area contributed by atoms with Crippen LogP contribution in [-0.2, 0) is 17.8 Å². The number of carbonyl (C=O) groups excluding carboxylic acids is 1. The molecule has 10 nitrogen and oxygen atoms in total. The number of aromatic carboxylic acids is 1. The highest BCUT2D eigenvalue weighted by atomic mass is 16.5. The van der Waals surface area contributed by atoms with Crippen LogP contribution in [0.1, 0.15) is 83.2 Å². The first kappa shape index (κ1) is 33.4. The van der Waals surface area contributed by atoms with E-state index in [1.54, 1.807) is 18.5 Å². The van der Waals surface area contributed by atoms with Gasteiger partial charge in [-0.05, 0) is 60.8 Å². The number of hydrogen-bond donors (Lipinski definition) is 1. The number of methoxy groups -OCH3 is 1. The second kappa shape index (κ2) is 17.1. The number of carbonyl (C=O) groups is 2. The number of esters is 1. The summed E-state index contributed by atoms with van der Waals surface area (Å²) in [5.74, 6) is 0.627. The van der Waals surface area contributed by atoms with Gasteiger partial charge in [0.05, 0.1) is 18.2 Å². The van der Waals surface area contributed by atoms with Crippen molar-refractivity contribution in [3.63, 3.8) is 0 Å². The molecule has 2 aliphatic heterocycles. The molecule has 0 unspecified atom stereocenters. The predicted molar refractivity (Wildman–Crippen MR) is 174 cm³/mol. The summed E-state index contributed by atoms with van der Waals surface area (Å²) < 4.78 is 4.76. The number of ether oxygens (including phenoxy) is 1. The van der Waals surface area contributed by atoms with Gasteiger partial charge in [-0.2, -0.15) is 0 Å². The van der Waals surface area contributed by atoms with Crippen LogP contribution in [0.3, 0.4) is 0 Å². The molecule has 0 radical (unpaired) electrons. The molecule has 0 atom stereocenters. The van der Waals surface area contributed by atoms with Crippen LogP contribution < -0.4 is 0 Å². The molecule has 4 aliphatic rings. The number of aromatic nitrogens is 2. The Morgan fingerprint density at radius 3 is 1.49 bits per heavy atom. The Morgan fingerprint density at radius 2 is 1.07 bits per heavy atom. The Bertz CT molecular complexity index is 1220. The van der Waals surface area contributed by atoms with Crippen LogP contribution in [-0.4, -0.2) is 119 Å². The van der Waals surface area contributed by atoms with Crippen LogP contribution in [0.5, 0.6) is 0 Å². The molecular formula is C35H52N6O4. The largest absolute Gasteiger partial charge is 0.478 e. The van der Waals surface area contributed by atoms with E-state index in [-0.39, 0.29) is 11.5 Å². The molecule has 2 aliphatic carbocycles. The van der Waals surface area contributed by atoms with E-state index in [1.807, 2.05) is 12.3 Å². The highest BCUT2D eigenvalue weighted by molar-refractivity contribution is 5.89. The first-order valence-corrected chi connectivity index (χ1v) is 17.0. The molecule has 246 valence electrons. The van der Waals surface area contributed by atoms with E-state index in [4.69, 9.17) is 9.84 Å². The van der Waals surface area contributed by atoms with Crippen molar-refractivity contribution in [3.8, 4) is 0 Å². The van der Waals surface area contributed by atoms with Gasteiger partial charge >= 0.3 is 11.9 Å². The quantitative estimate of drug-likeness (QED) is 0.388. The lowest BCUT2D eigenvalue weighted by molar-refractivity contribution is 0.0599. The first-order valence-electron chi connectivity index (χ1n) is 17.0. The molecule has 6 rings (SSSR count). The van der Waals surface area contributed by atoms with E-state index in [0.717, 1.165) is 88.4 Å². The molecule has 45 heavy (non-hydrogen) atoms. The summed E-state index contributed by atoms with van der Waals surface area (Å²) in [7, 11) is 1.40. The van der Waals surface area contributed by atoms with Gasteiger partial charge in [-0.1, -0.05) is 25.7 Å². The first-order chi connectivity index (χ1) is 21.9. The number of carboxylic acids is 1. The third kappa shape index (κ3) is 10.6. The van der Waals surface area contributed by atoms with Crippen molar-refractivity contribution in [1.82, 2.24) is 29.6 Å². The fourth-order valence-electron chi connectivity index (χ4n) is 7.39. The van der Waals surface area contributed by atoms with E-state index < -0.39 is 5.97 Å². The van der Waals surface area contributed by atoms with E-state index in [0.29, 0.717) is 5.56 Å². The molecule has 4 fully saturated rings. The van der Waals surface area contributed by atoms with Gasteiger partial charge in [0.25, 0.3) is 0 Å². The van der Waals surface area contributed by atoms with Crippen LogP contribution in [0.25, 0.3) is 0 Å².